The molecule has 8 heteroatoms. The van der Waals surface area contributed by atoms with Crippen molar-refractivity contribution in [2.24, 2.45) is 0 Å². The minimum atomic E-state index is -3.62. The van der Waals surface area contributed by atoms with Gasteiger partial charge in [-0.15, -0.1) is 0 Å². The predicted molar refractivity (Wildman–Crippen MR) is 71.2 cm³/mol. The van der Waals surface area contributed by atoms with Crippen LogP contribution in [0.15, 0.2) is 47.6 Å². The molecular weight excluding hydrogens is 284 g/mol. The monoisotopic (exact) mass is 296 g/mol. The second-order valence-corrected chi connectivity index (χ2v) is 5.54. The normalized spacial score (nSPS) is 11.0. The summed E-state index contributed by atoms with van der Waals surface area (Å²) < 4.78 is 31.2. The highest BCUT2D eigenvalue weighted by Gasteiger charge is 2.14. The van der Waals surface area contributed by atoms with E-state index in [2.05, 4.69) is 9.71 Å². The van der Waals surface area contributed by atoms with Gasteiger partial charge in [-0.25, -0.2) is 13.2 Å². The Morgan fingerprint density at radius 2 is 1.95 bits per heavy atom. The average molecular weight is 296 g/mol. The quantitative estimate of drug-likeness (QED) is 0.744. The second kappa shape index (κ2) is 5.66. The Balaban J connectivity index is 2.06. The number of H-pyrrole nitrogens is 1. The van der Waals surface area contributed by atoms with Gasteiger partial charge in [0.15, 0.2) is 6.61 Å². The number of carboxylic acid groups (broad SMARTS) is 1. The van der Waals surface area contributed by atoms with Crippen molar-refractivity contribution >= 4 is 21.7 Å². The van der Waals surface area contributed by atoms with Crippen molar-refractivity contribution in [2.75, 3.05) is 11.3 Å². The van der Waals surface area contributed by atoms with Crippen LogP contribution in [0.2, 0.25) is 0 Å². The molecule has 2 aromatic rings. The van der Waals surface area contributed by atoms with E-state index in [0.717, 1.165) is 0 Å². The summed E-state index contributed by atoms with van der Waals surface area (Å²) in [4.78, 5) is 13.1. The molecule has 0 fully saturated rings. The summed E-state index contributed by atoms with van der Waals surface area (Å²) in [6.45, 7) is -0.450. The molecule has 3 N–H and O–H groups in total. The highest BCUT2D eigenvalue weighted by molar-refractivity contribution is 7.92. The van der Waals surface area contributed by atoms with Crippen molar-refractivity contribution in [1.29, 1.82) is 0 Å². The molecule has 0 atom stereocenters. The molecule has 106 valence electrons. The lowest BCUT2D eigenvalue weighted by Gasteiger charge is -2.07. The predicted octanol–water partition coefficient (Wildman–Crippen LogP) is 1.28. The van der Waals surface area contributed by atoms with Gasteiger partial charge < -0.3 is 14.8 Å². The zero-order valence-corrected chi connectivity index (χ0v) is 11.1. The number of hydrogen-bond acceptors (Lipinski definition) is 4. The van der Waals surface area contributed by atoms with Gasteiger partial charge in [-0.3, -0.25) is 4.72 Å². The standard InChI is InChI=1S/C12H12N2O5S/c15-12(16)8-19-10-3-1-9(2-4-10)14-20(17,18)11-5-6-13-7-11/h1-7,13-14H,8H2,(H,15,16). The van der Waals surface area contributed by atoms with E-state index in [4.69, 9.17) is 9.84 Å². The molecule has 0 unspecified atom stereocenters. The molecule has 1 aromatic heterocycles. The van der Waals surface area contributed by atoms with Gasteiger partial charge in [-0.05, 0) is 30.3 Å². The molecule has 0 saturated heterocycles. The number of rotatable bonds is 6. The maximum absolute atomic E-state index is 11.9. The zero-order valence-electron chi connectivity index (χ0n) is 10.2. The van der Waals surface area contributed by atoms with E-state index >= 15 is 0 Å². The molecule has 0 radical (unpaired) electrons. The van der Waals surface area contributed by atoms with E-state index in [1.165, 1.54) is 42.7 Å². The van der Waals surface area contributed by atoms with Crippen molar-refractivity contribution in [3.05, 3.63) is 42.7 Å². The van der Waals surface area contributed by atoms with Gasteiger partial charge >= 0.3 is 5.97 Å². The summed E-state index contributed by atoms with van der Waals surface area (Å²) in [5.41, 5.74) is 0.355. The average Bonchev–Trinajstić information content (AvgIpc) is 2.92. The van der Waals surface area contributed by atoms with Crippen LogP contribution in [0, 0.1) is 0 Å². The number of anilines is 1. The van der Waals surface area contributed by atoms with Crippen LogP contribution in [-0.4, -0.2) is 31.1 Å². The lowest BCUT2D eigenvalue weighted by atomic mass is 10.3. The molecule has 20 heavy (non-hydrogen) atoms. The Morgan fingerprint density at radius 3 is 2.50 bits per heavy atom. The first kappa shape index (κ1) is 13.9. The lowest BCUT2D eigenvalue weighted by molar-refractivity contribution is -0.139. The van der Waals surface area contributed by atoms with Crippen molar-refractivity contribution < 1.29 is 23.1 Å². The summed E-state index contributed by atoms with van der Waals surface area (Å²) in [5.74, 6) is -0.737. The number of ether oxygens (including phenoxy) is 1. The topological polar surface area (TPSA) is 108 Å². The smallest absolute Gasteiger partial charge is 0.341 e. The van der Waals surface area contributed by atoms with Crippen molar-refractivity contribution in [3.63, 3.8) is 0 Å². The minimum absolute atomic E-state index is 0.128. The second-order valence-electron chi connectivity index (χ2n) is 3.86. The molecule has 0 amide bonds. The molecule has 0 spiro atoms. The number of carboxylic acids is 1. The number of aliphatic carboxylic acids is 1. The third kappa shape index (κ3) is 3.51. The maximum Gasteiger partial charge on any atom is 0.341 e. The fraction of sp³-hybridized carbons (Fsp3) is 0.0833. The van der Waals surface area contributed by atoms with E-state index in [9.17, 15) is 13.2 Å². The molecule has 0 aliphatic carbocycles. The number of sulfonamides is 1. The Labute approximate surface area is 115 Å². The zero-order chi connectivity index (χ0) is 14.6. The summed E-state index contributed by atoms with van der Waals surface area (Å²) in [6, 6.07) is 7.38. The van der Waals surface area contributed by atoms with E-state index in [1.807, 2.05) is 0 Å². The largest absolute Gasteiger partial charge is 0.482 e. The lowest BCUT2D eigenvalue weighted by Crippen LogP contribution is -2.12. The van der Waals surface area contributed by atoms with Gasteiger partial charge in [-0.1, -0.05) is 0 Å². The van der Waals surface area contributed by atoms with Gasteiger partial charge in [0.05, 0.1) is 0 Å². The van der Waals surface area contributed by atoms with Crippen molar-refractivity contribution in [1.82, 2.24) is 4.98 Å². The third-order valence-electron chi connectivity index (χ3n) is 2.35. The molecule has 2 rings (SSSR count). The summed E-state index contributed by atoms with van der Waals surface area (Å²) >= 11 is 0. The molecule has 0 saturated carbocycles. The molecule has 1 aromatic carbocycles. The van der Waals surface area contributed by atoms with E-state index in [0.29, 0.717) is 11.4 Å². The molecule has 7 nitrogen and oxygen atoms in total. The SMILES string of the molecule is O=C(O)COc1ccc(NS(=O)(=O)c2cc[nH]c2)cc1. The van der Waals surface area contributed by atoms with Crippen molar-refractivity contribution in [3.8, 4) is 5.75 Å². The molecule has 0 aliphatic rings. The van der Waals surface area contributed by atoms with Crippen LogP contribution < -0.4 is 9.46 Å². The highest BCUT2D eigenvalue weighted by Crippen LogP contribution is 2.19. The number of benzene rings is 1. The van der Waals surface area contributed by atoms with Gasteiger partial charge in [0.2, 0.25) is 0 Å². The first-order valence-corrected chi connectivity index (χ1v) is 7.06. The Hall–Kier alpha value is -2.48. The van der Waals surface area contributed by atoms with Gasteiger partial charge in [-0.2, -0.15) is 0 Å². The third-order valence-corrected chi connectivity index (χ3v) is 3.73. The number of hydrogen-bond donors (Lipinski definition) is 3. The molecular formula is C12H12N2O5S. The Bertz CT molecular complexity index is 677. The van der Waals surface area contributed by atoms with Crippen LogP contribution in [-0.2, 0) is 14.8 Å². The van der Waals surface area contributed by atoms with Crippen LogP contribution in [0.3, 0.4) is 0 Å². The van der Waals surface area contributed by atoms with Crippen LogP contribution in [0.4, 0.5) is 5.69 Å². The van der Waals surface area contributed by atoms with E-state index < -0.39 is 22.6 Å². The van der Waals surface area contributed by atoms with E-state index in [-0.39, 0.29) is 4.90 Å². The van der Waals surface area contributed by atoms with E-state index in [1.54, 1.807) is 0 Å². The fourth-order valence-electron chi connectivity index (χ4n) is 1.45. The summed E-state index contributed by atoms with van der Waals surface area (Å²) in [6.07, 6.45) is 2.88. The maximum atomic E-state index is 11.9. The fourth-order valence-corrected chi connectivity index (χ4v) is 2.49. The number of aromatic amines is 1. The van der Waals surface area contributed by atoms with Gasteiger partial charge in [0.1, 0.15) is 10.6 Å². The van der Waals surface area contributed by atoms with Gasteiger partial charge in [0, 0.05) is 18.1 Å². The van der Waals surface area contributed by atoms with Crippen LogP contribution in [0.5, 0.6) is 5.75 Å². The highest BCUT2D eigenvalue weighted by atomic mass is 32.2. The summed E-state index contributed by atoms with van der Waals surface area (Å²) in [7, 11) is -3.62. The van der Waals surface area contributed by atoms with Gasteiger partial charge in [0.25, 0.3) is 10.0 Å². The minimum Gasteiger partial charge on any atom is -0.482 e. The molecule has 0 bridgehead atoms. The summed E-state index contributed by atoms with van der Waals surface area (Å²) in [5, 5.41) is 8.47. The van der Waals surface area contributed by atoms with Crippen LogP contribution >= 0.6 is 0 Å². The molecule has 0 aliphatic heterocycles. The Morgan fingerprint density at radius 1 is 1.25 bits per heavy atom. The number of aromatic nitrogens is 1. The van der Waals surface area contributed by atoms with Crippen molar-refractivity contribution in [2.45, 2.75) is 4.90 Å². The molecule has 1 heterocycles. The number of nitrogens with one attached hydrogen (secondary N) is 2. The Kier molecular flexibility index (Phi) is 3.94. The first-order chi connectivity index (χ1) is 9.47. The van der Waals surface area contributed by atoms with Crippen LogP contribution in [0.25, 0.3) is 0 Å². The van der Waals surface area contributed by atoms with Crippen LogP contribution in [0.1, 0.15) is 0 Å². The first-order valence-electron chi connectivity index (χ1n) is 5.58. The number of carbonyl (C=O) groups is 1.